The van der Waals surface area contributed by atoms with Gasteiger partial charge in [-0.1, -0.05) is 0 Å². The van der Waals surface area contributed by atoms with Gasteiger partial charge in [-0.2, -0.15) is 4.31 Å². The summed E-state index contributed by atoms with van der Waals surface area (Å²) in [7, 11) is -2.19. The van der Waals surface area contributed by atoms with Crippen LogP contribution >= 0.6 is 0 Å². The molecule has 132 valence electrons. The molecule has 1 spiro atoms. The zero-order valence-corrected chi connectivity index (χ0v) is 14.9. The number of amides is 1. The first-order valence-corrected chi connectivity index (χ1v) is 9.34. The molecule has 1 aromatic rings. The Morgan fingerprint density at radius 3 is 2.38 bits per heavy atom. The van der Waals surface area contributed by atoms with Crippen LogP contribution in [0.3, 0.4) is 0 Å². The SMILES string of the molecule is COc1cc(C)c(C)cc1S(=O)(=O)N1CCC2(CC1)CNC(=O)O2. The van der Waals surface area contributed by atoms with E-state index in [0.29, 0.717) is 38.2 Å². The van der Waals surface area contributed by atoms with Crippen molar-refractivity contribution < 1.29 is 22.7 Å². The fraction of sp³-hybridized carbons (Fsp3) is 0.562. The van der Waals surface area contributed by atoms with Gasteiger partial charge in [-0.25, -0.2) is 13.2 Å². The van der Waals surface area contributed by atoms with Crippen molar-refractivity contribution in [3.63, 3.8) is 0 Å². The summed E-state index contributed by atoms with van der Waals surface area (Å²) in [4.78, 5) is 11.5. The van der Waals surface area contributed by atoms with Crippen LogP contribution in [0.5, 0.6) is 5.75 Å². The molecule has 0 bridgehead atoms. The molecule has 0 aliphatic carbocycles. The van der Waals surface area contributed by atoms with E-state index >= 15 is 0 Å². The third-order valence-electron chi connectivity index (χ3n) is 4.90. The fourth-order valence-corrected chi connectivity index (χ4v) is 4.84. The summed E-state index contributed by atoms with van der Waals surface area (Å²) in [6.07, 6.45) is 0.540. The van der Waals surface area contributed by atoms with E-state index in [1.807, 2.05) is 13.8 Å². The van der Waals surface area contributed by atoms with Crippen LogP contribution in [0.2, 0.25) is 0 Å². The Morgan fingerprint density at radius 1 is 1.21 bits per heavy atom. The lowest BCUT2D eigenvalue weighted by atomic mass is 9.93. The van der Waals surface area contributed by atoms with E-state index in [4.69, 9.17) is 9.47 Å². The van der Waals surface area contributed by atoms with Gasteiger partial charge >= 0.3 is 6.09 Å². The second kappa shape index (κ2) is 5.93. The van der Waals surface area contributed by atoms with Gasteiger partial charge in [0, 0.05) is 25.9 Å². The smallest absolute Gasteiger partial charge is 0.407 e. The molecule has 24 heavy (non-hydrogen) atoms. The maximum Gasteiger partial charge on any atom is 0.407 e. The lowest BCUT2D eigenvalue weighted by Gasteiger charge is -2.36. The van der Waals surface area contributed by atoms with Crippen molar-refractivity contribution in [3.8, 4) is 5.75 Å². The van der Waals surface area contributed by atoms with Crippen molar-refractivity contribution in [2.75, 3.05) is 26.7 Å². The summed E-state index contributed by atoms with van der Waals surface area (Å²) in [5, 5.41) is 2.65. The van der Waals surface area contributed by atoms with E-state index in [2.05, 4.69) is 5.32 Å². The molecule has 1 aromatic carbocycles. The minimum atomic E-state index is -3.66. The number of nitrogens with one attached hydrogen (secondary N) is 1. The average molecular weight is 354 g/mol. The number of alkyl carbamates (subject to hydrolysis) is 1. The molecule has 0 aromatic heterocycles. The van der Waals surface area contributed by atoms with E-state index in [-0.39, 0.29) is 4.90 Å². The third-order valence-corrected chi connectivity index (χ3v) is 6.82. The largest absolute Gasteiger partial charge is 0.495 e. The van der Waals surface area contributed by atoms with Crippen molar-refractivity contribution in [2.45, 2.75) is 37.2 Å². The van der Waals surface area contributed by atoms with Crippen LogP contribution in [0.15, 0.2) is 17.0 Å². The second-order valence-electron chi connectivity index (χ2n) is 6.42. The van der Waals surface area contributed by atoms with Gasteiger partial charge < -0.3 is 14.8 Å². The number of ether oxygens (including phenoxy) is 2. The van der Waals surface area contributed by atoms with Gasteiger partial charge in [-0.3, -0.25) is 0 Å². The molecule has 2 aliphatic heterocycles. The number of carbonyl (C=O) groups is 1. The van der Waals surface area contributed by atoms with Crippen molar-refractivity contribution in [1.82, 2.24) is 9.62 Å². The average Bonchev–Trinajstić information content (AvgIpc) is 2.90. The Labute approximate surface area is 142 Å². The number of hydrogen-bond donors (Lipinski definition) is 1. The van der Waals surface area contributed by atoms with Gasteiger partial charge in [0.05, 0.1) is 13.7 Å². The van der Waals surface area contributed by atoms with Crippen LogP contribution in [0, 0.1) is 13.8 Å². The first kappa shape index (κ1) is 17.0. The molecule has 2 saturated heterocycles. The standard InChI is InChI=1S/C16H22N2O5S/c1-11-8-13(22-3)14(9-12(11)2)24(20,21)18-6-4-16(5-7-18)10-17-15(19)23-16/h8-9H,4-7,10H2,1-3H3,(H,17,19). The van der Waals surface area contributed by atoms with Crippen LogP contribution in [0.25, 0.3) is 0 Å². The maximum atomic E-state index is 13.0. The fourth-order valence-electron chi connectivity index (χ4n) is 3.18. The summed E-state index contributed by atoms with van der Waals surface area (Å²) >= 11 is 0. The van der Waals surface area contributed by atoms with Crippen molar-refractivity contribution >= 4 is 16.1 Å². The highest BCUT2D eigenvalue weighted by atomic mass is 32.2. The van der Waals surface area contributed by atoms with Gasteiger partial charge in [-0.05, 0) is 37.1 Å². The number of methoxy groups -OCH3 is 1. The normalized spacial score (nSPS) is 20.7. The number of aryl methyl sites for hydroxylation is 2. The van der Waals surface area contributed by atoms with Crippen LogP contribution < -0.4 is 10.1 Å². The Bertz CT molecular complexity index is 767. The molecule has 7 nitrogen and oxygen atoms in total. The Kier molecular flexibility index (Phi) is 4.21. The maximum absolute atomic E-state index is 13.0. The van der Waals surface area contributed by atoms with Gasteiger partial charge in [0.15, 0.2) is 0 Å². The highest BCUT2D eigenvalue weighted by Gasteiger charge is 2.45. The number of piperidine rings is 1. The summed E-state index contributed by atoms with van der Waals surface area (Å²) in [6, 6.07) is 3.40. The molecular weight excluding hydrogens is 332 g/mol. The van der Waals surface area contributed by atoms with E-state index in [0.717, 1.165) is 11.1 Å². The number of hydrogen-bond acceptors (Lipinski definition) is 5. The van der Waals surface area contributed by atoms with E-state index in [1.165, 1.54) is 11.4 Å². The van der Waals surface area contributed by atoms with Crippen molar-refractivity contribution in [1.29, 1.82) is 0 Å². The monoisotopic (exact) mass is 354 g/mol. The van der Waals surface area contributed by atoms with Crippen LogP contribution in [0.1, 0.15) is 24.0 Å². The molecule has 0 atom stereocenters. The lowest BCUT2D eigenvalue weighted by molar-refractivity contribution is 0.0173. The molecule has 0 saturated carbocycles. The van der Waals surface area contributed by atoms with Gasteiger partial charge in [0.1, 0.15) is 16.2 Å². The number of rotatable bonds is 3. The number of benzene rings is 1. The van der Waals surface area contributed by atoms with Gasteiger partial charge in [0.25, 0.3) is 0 Å². The number of sulfonamides is 1. The molecule has 8 heteroatoms. The predicted octanol–water partition coefficient (Wildman–Crippen LogP) is 1.58. The zero-order chi connectivity index (χ0) is 17.5. The molecule has 3 rings (SSSR count). The van der Waals surface area contributed by atoms with Crippen molar-refractivity contribution in [3.05, 3.63) is 23.3 Å². The number of carbonyl (C=O) groups excluding carboxylic acids is 1. The first-order valence-electron chi connectivity index (χ1n) is 7.90. The molecule has 1 N–H and O–H groups in total. The van der Waals surface area contributed by atoms with Gasteiger partial charge in [-0.15, -0.1) is 0 Å². The van der Waals surface area contributed by atoms with E-state index in [9.17, 15) is 13.2 Å². The quantitative estimate of drug-likeness (QED) is 0.891. The molecule has 0 unspecified atom stereocenters. The molecular formula is C16H22N2O5S. The summed E-state index contributed by atoms with van der Waals surface area (Å²) in [5.41, 5.74) is 1.31. The van der Waals surface area contributed by atoms with Crippen LogP contribution in [-0.4, -0.2) is 51.2 Å². The molecule has 2 fully saturated rings. The zero-order valence-electron chi connectivity index (χ0n) is 14.1. The van der Waals surface area contributed by atoms with E-state index < -0.39 is 21.7 Å². The first-order chi connectivity index (χ1) is 11.3. The highest BCUT2D eigenvalue weighted by Crippen LogP contribution is 2.35. The van der Waals surface area contributed by atoms with Crippen LogP contribution in [0.4, 0.5) is 4.79 Å². The minimum absolute atomic E-state index is 0.186. The predicted molar refractivity (Wildman–Crippen MR) is 87.7 cm³/mol. The third kappa shape index (κ3) is 2.84. The topological polar surface area (TPSA) is 84.9 Å². The highest BCUT2D eigenvalue weighted by molar-refractivity contribution is 7.89. The second-order valence-corrected chi connectivity index (χ2v) is 8.32. The Balaban J connectivity index is 1.85. The summed E-state index contributed by atoms with van der Waals surface area (Å²) < 4.78 is 38.1. The number of nitrogens with zero attached hydrogens (tertiary/aromatic N) is 1. The summed E-state index contributed by atoms with van der Waals surface area (Å²) in [6.45, 7) is 4.86. The minimum Gasteiger partial charge on any atom is -0.495 e. The Hall–Kier alpha value is -1.80. The molecule has 0 radical (unpaired) electrons. The van der Waals surface area contributed by atoms with Crippen molar-refractivity contribution in [2.24, 2.45) is 0 Å². The van der Waals surface area contributed by atoms with Crippen LogP contribution in [-0.2, 0) is 14.8 Å². The van der Waals surface area contributed by atoms with Gasteiger partial charge in [0.2, 0.25) is 10.0 Å². The lowest BCUT2D eigenvalue weighted by Crippen LogP contribution is -2.48. The Morgan fingerprint density at radius 2 is 1.83 bits per heavy atom. The van der Waals surface area contributed by atoms with E-state index in [1.54, 1.807) is 12.1 Å². The molecule has 2 aliphatic rings. The molecule has 2 heterocycles. The molecule has 1 amide bonds. The summed E-state index contributed by atoms with van der Waals surface area (Å²) in [5.74, 6) is 0.354.